The van der Waals surface area contributed by atoms with Crippen LogP contribution >= 0.6 is 11.3 Å². The molecule has 7 nitrogen and oxygen atoms in total. The second kappa shape index (κ2) is 7.60. The van der Waals surface area contributed by atoms with Crippen LogP contribution in [0, 0.1) is 18.8 Å². The van der Waals surface area contributed by atoms with Gasteiger partial charge in [-0.25, -0.2) is 4.98 Å². The molecular weight excluding hydrogens is 362 g/mol. The Morgan fingerprint density at radius 1 is 1.19 bits per heavy atom. The van der Waals surface area contributed by atoms with Crippen molar-refractivity contribution in [1.29, 1.82) is 0 Å². The van der Waals surface area contributed by atoms with Gasteiger partial charge in [0.2, 0.25) is 0 Å². The van der Waals surface area contributed by atoms with E-state index in [4.69, 9.17) is 4.52 Å². The molecule has 27 heavy (non-hydrogen) atoms. The van der Waals surface area contributed by atoms with Crippen LogP contribution in [0.5, 0.6) is 0 Å². The van der Waals surface area contributed by atoms with E-state index in [1.807, 2.05) is 30.3 Å². The Hall–Kier alpha value is -3.18. The van der Waals surface area contributed by atoms with E-state index in [1.54, 1.807) is 18.0 Å². The first-order chi connectivity index (χ1) is 13.2. The maximum absolute atomic E-state index is 12.3. The van der Waals surface area contributed by atoms with Crippen LogP contribution in [0.4, 0.5) is 5.13 Å². The molecule has 3 aromatic rings. The Balaban J connectivity index is 1.36. The van der Waals surface area contributed by atoms with Crippen LogP contribution < -0.4 is 4.90 Å². The van der Waals surface area contributed by atoms with E-state index in [1.165, 1.54) is 11.3 Å². The number of benzene rings is 1. The quantitative estimate of drug-likeness (QED) is 0.636. The lowest BCUT2D eigenvalue weighted by molar-refractivity contribution is -0.125. The van der Waals surface area contributed by atoms with Crippen molar-refractivity contribution in [2.75, 3.05) is 31.1 Å². The number of carbonyl (C=O) groups is 1. The standard InChI is InChI=1S/C19H17N5O2S/c1-14-21-18(26-22-14)16-13-20-19(27-16)24-11-9-23(10-12-24)17(25)8-7-15-5-3-2-4-6-15/h2-6,13H,9-12H2,1H3. The van der Waals surface area contributed by atoms with Crippen LogP contribution in [0.2, 0.25) is 0 Å². The SMILES string of the molecule is Cc1noc(-c2cnc(N3CCN(C(=O)C#Cc4ccccc4)CC3)s2)n1. The van der Waals surface area contributed by atoms with E-state index < -0.39 is 0 Å². The molecule has 2 aromatic heterocycles. The zero-order valence-corrected chi connectivity index (χ0v) is 15.6. The van der Waals surface area contributed by atoms with Gasteiger partial charge in [-0.05, 0) is 19.1 Å². The van der Waals surface area contributed by atoms with Gasteiger partial charge >= 0.3 is 0 Å². The van der Waals surface area contributed by atoms with Gasteiger partial charge in [-0.15, -0.1) is 0 Å². The van der Waals surface area contributed by atoms with Gasteiger partial charge in [0.15, 0.2) is 11.0 Å². The Labute approximate surface area is 160 Å². The zero-order valence-electron chi connectivity index (χ0n) is 14.8. The lowest BCUT2D eigenvalue weighted by Gasteiger charge is -2.33. The predicted octanol–water partition coefficient (Wildman–Crippen LogP) is 2.20. The van der Waals surface area contributed by atoms with Crippen molar-refractivity contribution in [3.63, 3.8) is 0 Å². The monoisotopic (exact) mass is 379 g/mol. The number of nitrogens with zero attached hydrogens (tertiary/aromatic N) is 5. The molecule has 0 saturated carbocycles. The summed E-state index contributed by atoms with van der Waals surface area (Å²) >= 11 is 1.51. The minimum absolute atomic E-state index is 0.139. The molecule has 0 spiro atoms. The van der Waals surface area contributed by atoms with Crippen LogP contribution in [0.25, 0.3) is 10.8 Å². The molecule has 0 atom stereocenters. The van der Waals surface area contributed by atoms with Gasteiger partial charge in [-0.3, -0.25) is 4.79 Å². The highest BCUT2D eigenvalue weighted by atomic mass is 32.1. The summed E-state index contributed by atoms with van der Waals surface area (Å²) in [7, 11) is 0. The van der Waals surface area contributed by atoms with Crippen molar-refractivity contribution < 1.29 is 9.32 Å². The van der Waals surface area contributed by atoms with Crippen LogP contribution in [0.1, 0.15) is 11.4 Å². The highest BCUT2D eigenvalue weighted by Gasteiger charge is 2.22. The van der Waals surface area contributed by atoms with Crippen molar-refractivity contribution in [2.45, 2.75) is 6.92 Å². The smallest absolute Gasteiger partial charge is 0.298 e. The fourth-order valence-electron chi connectivity index (χ4n) is 2.73. The van der Waals surface area contributed by atoms with E-state index in [0.29, 0.717) is 37.9 Å². The van der Waals surface area contributed by atoms with Crippen LogP contribution in [0.3, 0.4) is 0 Å². The van der Waals surface area contributed by atoms with Crippen LogP contribution in [-0.2, 0) is 4.79 Å². The van der Waals surface area contributed by atoms with E-state index in [2.05, 4.69) is 31.9 Å². The fourth-order valence-corrected chi connectivity index (χ4v) is 3.62. The molecule has 1 saturated heterocycles. The molecule has 1 amide bonds. The van der Waals surface area contributed by atoms with Gasteiger partial charge in [-0.1, -0.05) is 40.6 Å². The number of thiazole rings is 1. The Morgan fingerprint density at radius 2 is 1.96 bits per heavy atom. The first-order valence-electron chi connectivity index (χ1n) is 8.56. The minimum Gasteiger partial charge on any atom is -0.345 e. The molecule has 0 aliphatic carbocycles. The number of hydrogen-bond donors (Lipinski definition) is 0. The zero-order chi connectivity index (χ0) is 18.6. The molecule has 8 heteroatoms. The second-order valence-corrected chi connectivity index (χ2v) is 7.06. The number of piperazine rings is 1. The number of rotatable bonds is 2. The maximum Gasteiger partial charge on any atom is 0.298 e. The average molecular weight is 379 g/mol. The lowest BCUT2D eigenvalue weighted by atomic mass is 10.2. The number of amides is 1. The van der Waals surface area contributed by atoms with Crippen LogP contribution in [0.15, 0.2) is 41.1 Å². The number of aromatic nitrogens is 3. The Kier molecular flexibility index (Phi) is 4.85. The fraction of sp³-hybridized carbons (Fsp3) is 0.263. The van der Waals surface area contributed by atoms with Gasteiger partial charge in [0.1, 0.15) is 4.88 Å². The molecule has 0 bridgehead atoms. The highest BCUT2D eigenvalue weighted by Crippen LogP contribution is 2.30. The summed E-state index contributed by atoms with van der Waals surface area (Å²) in [6, 6.07) is 9.53. The Bertz CT molecular complexity index is 994. The van der Waals surface area contributed by atoms with Crippen LogP contribution in [-0.4, -0.2) is 52.1 Å². The molecule has 0 radical (unpaired) electrons. The summed E-state index contributed by atoms with van der Waals surface area (Å²) in [4.78, 5) is 25.8. The molecule has 1 fully saturated rings. The molecule has 136 valence electrons. The van der Waals surface area contributed by atoms with Crippen molar-refractivity contribution in [1.82, 2.24) is 20.0 Å². The molecule has 1 aliphatic heterocycles. The summed E-state index contributed by atoms with van der Waals surface area (Å²) in [6.45, 7) is 4.46. The summed E-state index contributed by atoms with van der Waals surface area (Å²) in [6.07, 6.45) is 1.75. The van der Waals surface area contributed by atoms with Crippen molar-refractivity contribution in [2.24, 2.45) is 0 Å². The van der Waals surface area contributed by atoms with Gasteiger partial charge < -0.3 is 14.3 Å². The number of hydrogen-bond acceptors (Lipinski definition) is 7. The number of carbonyl (C=O) groups excluding carboxylic acids is 1. The minimum atomic E-state index is -0.139. The summed E-state index contributed by atoms with van der Waals surface area (Å²) in [5.74, 6) is 6.60. The molecule has 0 N–H and O–H groups in total. The predicted molar refractivity (Wildman–Crippen MR) is 102 cm³/mol. The first kappa shape index (κ1) is 17.2. The van der Waals surface area contributed by atoms with E-state index in [9.17, 15) is 4.79 Å². The molecule has 1 aromatic carbocycles. The lowest BCUT2D eigenvalue weighted by Crippen LogP contribution is -2.48. The summed E-state index contributed by atoms with van der Waals surface area (Å²) in [5.41, 5.74) is 0.844. The van der Waals surface area contributed by atoms with Crippen molar-refractivity contribution in [3.05, 3.63) is 47.9 Å². The van der Waals surface area contributed by atoms with Gasteiger partial charge in [-0.2, -0.15) is 4.98 Å². The molecular formula is C19H17N5O2S. The summed E-state index contributed by atoms with van der Waals surface area (Å²) in [5, 5.41) is 4.70. The number of aryl methyl sites for hydroxylation is 1. The van der Waals surface area contributed by atoms with Gasteiger partial charge in [0.05, 0.1) is 6.20 Å². The normalized spacial score (nSPS) is 14.0. The molecule has 1 aliphatic rings. The van der Waals surface area contributed by atoms with Crippen molar-refractivity contribution >= 4 is 22.4 Å². The van der Waals surface area contributed by atoms with Gasteiger partial charge in [0, 0.05) is 37.7 Å². The third-order valence-electron chi connectivity index (χ3n) is 4.16. The summed E-state index contributed by atoms with van der Waals surface area (Å²) < 4.78 is 5.19. The van der Waals surface area contributed by atoms with E-state index >= 15 is 0 Å². The Morgan fingerprint density at radius 3 is 2.67 bits per heavy atom. The maximum atomic E-state index is 12.3. The highest BCUT2D eigenvalue weighted by molar-refractivity contribution is 7.18. The third-order valence-corrected chi connectivity index (χ3v) is 5.20. The molecule has 0 unspecified atom stereocenters. The van der Waals surface area contributed by atoms with E-state index in [0.717, 1.165) is 15.6 Å². The third kappa shape index (κ3) is 3.99. The first-order valence-corrected chi connectivity index (χ1v) is 9.38. The second-order valence-electron chi connectivity index (χ2n) is 6.05. The number of anilines is 1. The molecule has 3 heterocycles. The topological polar surface area (TPSA) is 75.4 Å². The average Bonchev–Trinajstić information content (AvgIpc) is 3.36. The van der Waals surface area contributed by atoms with Gasteiger partial charge in [0.25, 0.3) is 11.8 Å². The largest absolute Gasteiger partial charge is 0.345 e. The molecule has 4 rings (SSSR count). The van der Waals surface area contributed by atoms with Crippen molar-refractivity contribution in [3.8, 4) is 22.6 Å². The van der Waals surface area contributed by atoms with E-state index in [-0.39, 0.29) is 5.91 Å².